The van der Waals surface area contributed by atoms with Crippen molar-refractivity contribution in [3.8, 4) is 0 Å². The molecule has 0 fully saturated rings. The van der Waals surface area contributed by atoms with Crippen molar-refractivity contribution in [2.24, 2.45) is 5.92 Å². The van der Waals surface area contributed by atoms with Gasteiger partial charge < -0.3 is 10.1 Å². The van der Waals surface area contributed by atoms with Crippen molar-refractivity contribution in [1.82, 2.24) is 10.3 Å². The van der Waals surface area contributed by atoms with Gasteiger partial charge >= 0.3 is 5.97 Å². The van der Waals surface area contributed by atoms with Crippen LogP contribution in [0.4, 0.5) is 0 Å². The smallest absolute Gasteiger partial charge is 0.339 e. The van der Waals surface area contributed by atoms with Crippen LogP contribution in [0.15, 0.2) is 18.3 Å². The maximum Gasteiger partial charge on any atom is 0.339 e. The van der Waals surface area contributed by atoms with E-state index in [1.807, 2.05) is 6.07 Å². The number of nitrogens with one attached hydrogen (secondary N) is 1. The van der Waals surface area contributed by atoms with Crippen LogP contribution in [0.25, 0.3) is 0 Å². The normalized spacial score (nSPS) is 12.5. The Balaban J connectivity index is 2.46. The fourth-order valence-corrected chi connectivity index (χ4v) is 1.84. The van der Waals surface area contributed by atoms with Crippen molar-refractivity contribution >= 4 is 5.97 Å². The summed E-state index contributed by atoms with van der Waals surface area (Å²) in [6, 6.07) is 4.05. The van der Waals surface area contributed by atoms with Crippen molar-refractivity contribution in [3.05, 3.63) is 29.6 Å². The van der Waals surface area contributed by atoms with Crippen LogP contribution in [0.1, 0.15) is 43.2 Å². The van der Waals surface area contributed by atoms with Crippen molar-refractivity contribution in [2.75, 3.05) is 7.11 Å². The molecule has 0 aliphatic rings. The third kappa shape index (κ3) is 4.84. The number of aromatic nitrogens is 1. The maximum absolute atomic E-state index is 11.2. The van der Waals surface area contributed by atoms with E-state index in [4.69, 9.17) is 0 Å². The molecule has 1 rings (SSSR count). The number of hydrogen-bond donors (Lipinski definition) is 1. The molecule has 4 heteroatoms. The first-order valence-electron chi connectivity index (χ1n) is 6.29. The molecule has 1 atom stereocenters. The molecule has 0 saturated carbocycles. The van der Waals surface area contributed by atoms with Crippen LogP contribution in [0.2, 0.25) is 0 Å². The highest BCUT2D eigenvalue weighted by atomic mass is 16.5. The fourth-order valence-electron chi connectivity index (χ4n) is 1.84. The summed E-state index contributed by atoms with van der Waals surface area (Å²) in [6.45, 7) is 7.31. The summed E-state index contributed by atoms with van der Waals surface area (Å²) in [6.07, 6.45) is 2.69. The second-order valence-electron chi connectivity index (χ2n) is 4.94. The number of ether oxygens (including phenoxy) is 1. The molecule has 1 N–H and O–H groups in total. The number of methoxy groups -OCH3 is 1. The predicted molar refractivity (Wildman–Crippen MR) is 71.3 cm³/mol. The Labute approximate surface area is 109 Å². The van der Waals surface area contributed by atoms with E-state index in [0.717, 1.165) is 18.7 Å². The molecule has 18 heavy (non-hydrogen) atoms. The first kappa shape index (κ1) is 14.6. The monoisotopic (exact) mass is 250 g/mol. The lowest BCUT2D eigenvalue weighted by molar-refractivity contribution is 0.0600. The van der Waals surface area contributed by atoms with Crippen molar-refractivity contribution < 1.29 is 9.53 Å². The molecule has 0 aliphatic heterocycles. The molecule has 100 valence electrons. The molecule has 0 aromatic carbocycles. The zero-order valence-corrected chi connectivity index (χ0v) is 11.6. The van der Waals surface area contributed by atoms with Crippen LogP contribution >= 0.6 is 0 Å². The van der Waals surface area contributed by atoms with Gasteiger partial charge in [-0.05, 0) is 31.4 Å². The lowest BCUT2D eigenvalue weighted by Gasteiger charge is -2.15. The quantitative estimate of drug-likeness (QED) is 0.788. The van der Waals surface area contributed by atoms with Gasteiger partial charge in [-0.25, -0.2) is 4.79 Å². The molecule has 0 aliphatic carbocycles. The summed E-state index contributed by atoms with van der Waals surface area (Å²) >= 11 is 0. The lowest BCUT2D eigenvalue weighted by Crippen LogP contribution is -2.27. The van der Waals surface area contributed by atoms with Crippen LogP contribution in [0.5, 0.6) is 0 Å². The minimum absolute atomic E-state index is 0.352. The molecule has 0 radical (unpaired) electrons. The Morgan fingerprint density at radius 3 is 2.61 bits per heavy atom. The van der Waals surface area contributed by atoms with Gasteiger partial charge in [-0.2, -0.15) is 0 Å². The largest absolute Gasteiger partial charge is 0.465 e. The topological polar surface area (TPSA) is 51.2 Å². The Hall–Kier alpha value is -1.42. The van der Waals surface area contributed by atoms with Crippen LogP contribution < -0.4 is 5.32 Å². The van der Waals surface area contributed by atoms with Gasteiger partial charge in [-0.15, -0.1) is 0 Å². The van der Waals surface area contributed by atoms with Crippen LogP contribution in [0, 0.1) is 5.92 Å². The summed E-state index contributed by atoms with van der Waals surface area (Å²) < 4.78 is 4.62. The van der Waals surface area contributed by atoms with Gasteiger partial charge in [0.1, 0.15) is 0 Å². The van der Waals surface area contributed by atoms with Crippen LogP contribution in [0.3, 0.4) is 0 Å². The minimum atomic E-state index is -0.352. The third-order valence-electron chi connectivity index (χ3n) is 2.70. The minimum Gasteiger partial charge on any atom is -0.465 e. The van der Waals surface area contributed by atoms with E-state index in [-0.39, 0.29) is 5.97 Å². The van der Waals surface area contributed by atoms with Crippen molar-refractivity contribution in [3.63, 3.8) is 0 Å². The molecule has 0 amide bonds. The van der Waals surface area contributed by atoms with Gasteiger partial charge in [0.2, 0.25) is 0 Å². The summed E-state index contributed by atoms with van der Waals surface area (Å²) in [5, 5.41) is 3.41. The Kier molecular flexibility index (Phi) is 5.78. The number of carbonyl (C=O) groups is 1. The van der Waals surface area contributed by atoms with E-state index < -0.39 is 0 Å². The maximum atomic E-state index is 11.2. The zero-order valence-electron chi connectivity index (χ0n) is 11.6. The Bertz CT molecular complexity index is 374. The molecule has 0 bridgehead atoms. The number of rotatable bonds is 6. The number of esters is 1. The molecule has 1 aromatic rings. The number of nitrogens with zero attached hydrogens (tertiary/aromatic N) is 1. The molecule has 0 saturated heterocycles. The average Bonchev–Trinajstić information content (AvgIpc) is 2.35. The summed E-state index contributed by atoms with van der Waals surface area (Å²) in [7, 11) is 1.37. The van der Waals surface area contributed by atoms with Gasteiger partial charge in [0, 0.05) is 18.8 Å². The molecule has 1 unspecified atom stereocenters. The Morgan fingerprint density at radius 2 is 2.11 bits per heavy atom. The predicted octanol–water partition coefficient (Wildman–Crippen LogP) is 2.39. The van der Waals surface area contributed by atoms with E-state index in [1.165, 1.54) is 7.11 Å². The van der Waals surface area contributed by atoms with Gasteiger partial charge in [-0.1, -0.05) is 13.8 Å². The molecular weight excluding hydrogens is 228 g/mol. The van der Waals surface area contributed by atoms with E-state index >= 15 is 0 Å². The second-order valence-corrected chi connectivity index (χ2v) is 4.94. The highest BCUT2D eigenvalue weighted by molar-refractivity contribution is 5.88. The van der Waals surface area contributed by atoms with E-state index in [1.54, 1.807) is 12.3 Å². The first-order valence-corrected chi connectivity index (χ1v) is 6.29. The summed E-state index contributed by atoms with van der Waals surface area (Å²) in [4.78, 5) is 15.5. The van der Waals surface area contributed by atoms with Crippen LogP contribution in [-0.2, 0) is 11.3 Å². The van der Waals surface area contributed by atoms with Gasteiger partial charge in [0.05, 0.1) is 18.4 Å². The highest BCUT2D eigenvalue weighted by Gasteiger charge is 2.07. The highest BCUT2D eigenvalue weighted by Crippen LogP contribution is 2.06. The van der Waals surface area contributed by atoms with E-state index in [0.29, 0.717) is 17.5 Å². The van der Waals surface area contributed by atoms with Gasteiger partial charge in [-0.3, -0.25) is 4.98 Å². The second kappa shape index (κ2) is 7.11. The van der Waals surface area contributed by atoms with Crippen molar-refractivity contribution in [1.29, 1.82) is 0 Å². The molecule has 1 heterocycles. The van der Waals surface area contributed by atoms with E-state index in [2.05, 4.69) is 35.8 Å². The SMILES string of the molecule is COC(=O)c1ccc(CNC(C)CC(C)C)nc1. The standard InChI is InChI=1S/C14H22N2O2/c1-10(2)7-11(3)15-9-13-6-5-12(8-16-13)14(17)18-4/h5-6,8,10-11,15H,7,9H2,1-4H3. The molecule has 4 nitrogen and oxygen atoms in total. The van der Waals surface area contributed by atoms with Gasteiger partial charge in [0.25, 0.3) is 0 Å². The first-order chi connectivity index (χ1) is 8.52. The van der Waals surface area contributed by atoms with Crippen LogP contribution in [-0.4, -0.2) is 24.1 Å². The summed E-state index contributed by atoms with van der Waals surface area (Å²) in [5.74, 6) is 0.331. The fraction of sp³-hybridized carbons (Fsp3) is 0.571. The summed E-state index contributed by atoms with van der Waals surface area (Å²) in [5.41, 5.74) is 1.41. The zero-order chi connectivity index (χ0) is 13.5. The Morgan fingerprint density at radius 1 is 1.39 bits per heavy atom. The molecule has 1 aromatic heterocycles. The molecule has 0 spiro atoms. The van der Waals surface area contributed by atoms with Gasteiger partial charge in [0.15, 0.2) is 0 Å². The lowest BCUT2D eigenvalue weighted by atomic mass is 10.1. The third-order valence-corrected chi connectivity index (χ3v) is 2.70. The number of pyridine rings is 1. The van der Waals surface area contributed by atoms with E-state index in [9.17, 15) is 4.79 Å². The number of carbonyl (C=O) groups excluding carboxylic acids is 1. The number of hydrogen-bond acceptors (Lipinski definition) is 4. The molecular formula is C14H22N2O2. The van der Waals surface area contributed by atoms with Crippen molar-refractivity contribution in [2.45, 2.75) is 39.8 Å². The average molecular weight is 250 g/mol.